The quantitative estimate of drug-likeness (QED) is 0.631. The molecule has 0 aliphatic heterocycles. The van der Waals surface area contributed by atoms with Crippen molar-refractivity contribution in [1.29, 1.82) is 0 Å². The molecule has 0 unspecified atom stereocenters. The van der Waals surface area contributed by atoms with Gasteiger partial charge in [-0.15, -0.1) is 0 Å². The Morgan fingerprint density at radius 1 is 1.04 bits per heavy atom. The van der Waals surface area contributed by atoms with E-state index in [9.17, 15) is 4.39 Å². The van der Waals surface area contributed by atoms with Gasteiger partial charge in [0.15, 0.2) is 17.5 Å². The Kier molecular flexibility index (Phi) is 6.61. The second-order valence-electron chi connectivity index (χ2n) is 5.46. The lowest BCUT2D eigenvalue weighted by Crippen LogP contribution is -2.36. The molecule has 24 heavy (non-hydrogen) atoms. The Hall–Kier alpha value is -2.56. The van der Waals surface area contributed by atoms with Crippen LogP contribution in [0.4, 0.5) is 4.39 Å². The van der Waals surface area contributed by atoms with Crippen LogP contribution in [0.5, 0.6) is 5.75 Å². The molecule has 2 aromatic rings. The van der Waals surface area contributed by atoms with Gasteiger partial charge < -0.3 is 15.4 Å². The molecule has 2 rings (SSSR count). The van der Waals surface area contributed by atoms with Gasteiger partial charge in [-0.25, -0.2) is 4.39 Å². The summed E-state index contributed by atoms with van der Waals surface area (Å²) in [4.78, 5) is 4.18. The molecule has 0 amide bonds. The molecule has 0 radical (unpaired) electrons. The van der Waals surface area contributed by atoms with Gasteiger partial charge in [0.25, 0.3) is 0 Å². The summed E-state index contributed by atoms with van der Waals surface area (Å²) >= 11 is 0. The van der Waals surface area contributed by atoms with Crippen molar-refractivity contribution in [3.05, 3.63) is 65.0 Å². The van der Waals surface area contributed by atoms with Crippen LogP contribution < -0.4 is 15.4 Å². The maximum atomic E-state index is 13.8. The molecular weight excluding hydrogens is 305 g/mol. The zero-order chi connectivity index (χ0) is 17.4. The van der Waals surface area contributed by atoms with E-state index in [-0.39, 0.29) is 11.6 Å². The highest BCUT2D eigenvalue weighted by molar-refractivity contribution is 5.79. The smallest absolute Gasteiger partial charge is 0.191 e. The molecule has 5 heteroatoms. The summed E-state index contributed by atoms with van der Waals surface area (Å²) < 4.78 is 19.0. The van der Waals surface area contributed by atoms with E-state index in [1.54, 1.807) is 13.1 Å². The average molecular weight is 329 g/mol. The highest BCUT2D eigenvalue weighted by atomic mass is 19.1. The van der Waals surface area contributed by atoms with E-state index in [0.29, 0.717) is 25.7 Å². The molecule has 0 aromatic heterocycles. The third kappa shape index (κ3) is 5.26. The highest BCUT2D eigenvalue weighted by Crippen LogP contribution is 2.18. The van der Waals surface area contributed by atoms with Crippen LogP contribution in [-0.2, 0) is 13.1 Å². The molecule has 0 atom stereocenters. The number of benzene rings is 2. The third-order valence-electron chi connectivity index (χ3n) is 3.56. The number of nitrogens with one attached hydrogen (secondary N) is 2. The lowest BCUT2D eigenvalue weighted by Gasteiger charge is -2.13. The predicted molar refractivity (Wildman–Crippen MR) is 95.8 cm³/mol. The summed E-state index contributed by atoms with van der Waals surface area (Å²) in [5.74, 6) is 0.603. The van der Waals surface area contributed by atoms with E-state index < -0.39 is 0 Å². The first-order chi connectivity index (χ1) is 11.6. The topological polar surface area (TPSA) is 45.6 Å². The largest absolute Gasteiger partial charge is 0.491 e. The molecule has 0 saturated heterocycles. The molecule has 0 spiro atoms. The van der Waals surface area contributed by atoms with E-state index in [1.165, 1.54) is 17.2 Å². The third-order valence-corrected chi connectivity index (χ3v) is 3.56. The summed E-state index contributed by atoms with van der Waals surface area (Å²) in [6.45, 7) is 5.50. The van der Waals surface area contributed by atoms with Crippen LogP contribution >= 0.6 is 0 Å². The fourth-order valence-corrected chi connectivity index (χ4v) is 2.22. The van der Waals surface area contributed by atoms with Crippen molar-refractivity contribution in [2.24, 2.45) is 4.99 Å². The number of rotatable bonds is 6. The van der Waals surface area contributed by atoms with E-state index in [2.05, 4.69) is 46.8 Å². The standard InChI is InChI=1S/C19H24FN3O/c1-4-24-18-10-9-16(11-17(18)20)13-23-19(21-3)22-12-15-7-5-14(2)6-8-15/h5-11H,4,12-13H2,1-3H3,(H2,21,22,23). The second-order valence-corrected chi connectivity index (χ2v) is 5.46. The van der Waals surface area contributed by atoms with Crippen molar-refractivity contribution >= 4 is 5.96 Å². The van der Waals surface area contributed by atoms with Gasteiger partial charge in [-0.2, -0.15) is 0 Å². The van der Waals surface area contributed by atoms with Crippen molar-refractivity contribution in [2.75, 3.05) is 13.7 Å². The monoisotopic (exact) mass is 329 g/mol. The fraction of sp³-hybridized carbons (Fsp3) is 0.316. The van der Waals surface area contributed by atoms with Crippen LogP contribution in [0, 0.1) is 12.7 Å². The van der Waals surface area contributed by atoms with Crippen LogP contribution in [0.3, 0.4) is 0 Å². The van der Waals surface area contributed by atoms with E-state index in [4.69, 9.17) is 4.74 Å². The van der Waals surface area contributed by atoms with Gasteiger partial charge in [0.2, 0.25) is 0 Å². The van der Waals surface area contributed by atoms with Gasteiger partial charge >= 0.3 is 0 Å². The van der Waals surface area contributed by atoms with Crippen LogP contribution in [0.1, 0.15) is 23.6 Å². The van der Waals surface area contributed by atoms with Crippen LogP contribution in [0.25, 0.3) is 0 Å². The van der Waals surface area contributed by atoms with Gasteiger partial charge in [-0.1, -0.05) is 35.9 Å². The van der Waals surface area contributed by atoms with Crippen molar-refractivity contribution in [1.82, 2.24) is 10.6 Å². The predicted octanol–water partition coefficient (Wildman–Crippen LogP) is 3.40. The van der Waals surface area contributed by atoms with Gasteiger partial charge in [0, 0.05) is 20.1 Å². The first-order valence-electron chi connectivity index (χ1n) is 8.03. The maximum Gasteiger partial charge on any atom is 0.191 e. The summed E-state index contributed by atoms with van der Waals surface area (Å²) in [6.07, 6.45) is 0. The van der Waals surface area contributed by atoms with Crippen LogP contribution in [0.2, 0.25) is 0 Å². The van der Waals surface area contributed by atoms with Crippen LogP contribution in [0.15, 0.2) is 47.5 Å². The molecule has 0 aliphatic carbocycles. The van der Waals surface area contributed by atoms with Crippen LogP contribution in [-0.4, -0.2) is 19.6 Å². The summed E-state index contributed by atoms with van der Waals surface area (Å²) in [5.41, 5.74) is 3.24. The molecule has 0 saturated carbocycles. The molecule has 4 nitrogen and oxygen atoms in total. The molecule has 2 N–H and O–H groups in total. The first-order valence-corrected chi connectivity index (χ1v) is 8.03. The fourth-order valence-electron chi connectivity index (χ4n) is 2.22. The SMILES string of the molecule is CCOc1ccc(CNC(=NC)NCc2ccc(C)cc2)cc1F. The zero-order valence-electron chi connectivity index (χ0n) is 14.4. The maximum absolute atomic E-state index is 13.8. The number of guanidine groups is 1. The Labute approximate surface area is 142 Å². The van der Waals surface area contributed by atoms with Gasteiger partial charge in [-0.3, -0.25) is 4.99 Å². The Bertz CT molecular complexity index is 684. The minimum absolute atomic E-state index is 0.281. The van der Waals surface area contributed by atoms with Crippen molar-refractivity contribution in [2.45, 2.75) is 26.9 Å². The summed E-state index contributed by atoms with van der Waals surface area (Å²) in [7, 11) is 1.71. The average Bonchev–Trinajstić information content (AvgIpc) is 2.59. The molecular formula is C19H24FN3O. The summed E-state index contributed by atoms with van der Waals surface area (Å²) in [6, 6.07) is 13.3. The number of hydrogen-bond donors (Lipinski definition) is 2. The molecule has 0 bridgehead atoms. The Morgan fingerprint density at radius 2 is 1.67 bits per heavy atom. The van der Waals surface area contributed by atoms with E-state index >= 15 is 0 Å². The first kappa shape index (κ1) is 17.8. The number of nitrogens with zero attached hydrogens (tertiary/aromatic N) is 1. The number of ether oxygens (including phenoxy) is 1. The van der Waals surface area contributed by atoms with E-state index in [1.807, 2.05) is 13.0 Å². The van der Waals surface area contributed by atoms with Crippen molar-refractivity contribution < 1.29 is 9.13 Å². The Morgan fingerprint density at radius 3 is 2.25 bits per heavy atom. The number of hydrogen-bond acceptors (Lipinski definition) is 2. The molecule has 0 fully saturated rings. The second kappa shape index (κ2) is 8.91. The minimum Gasteiger partial charge on any atom is -0.491 e. The zero-order valence-corrected chi connectivity index (χ0v) is 14.4. The minimum atomic E-state index is -0.348. The summed E-state index contributed by atoms with van der Waals surface area (Å²) in [5, 5.41) is 6.42. The Balaban J connectivity index is 1.87. The van der Waals surface area contributed by atoms with Crippen molar-refractivity contribution in [3.8, 4) is 5.75 Å². The molecule has 0 heterocycles. The van der Waals surface area contributed by atoms with Gasteiger partial charge in [0.05, 0.1) is 6.61 Å². The number of aliphatic imine (C=N–C) groups is 1. The molecule has 0 aliphatic rings. The molecule has 2 aromatic carbocycles. The van der Waals surface area contributed by atoms with E-state index in [0.717, 1.165) is 5.56 Å². The highest BCUT2D eigenvalue weighted by Gasteiger charge is 2.05. The van der Waals surface area contributed by atoms with Gasteiger partial charge in [0.1, 0.15) is 0 Å². The lowest BCUT2D eigenvalue weighted by molar-refractivity contribution is 0.321. The van der Waals surface area contributed by atoms with Crippen molar-refractivity contribution in [3.63, 3.8) is 0 Å². The van der Waals surface area contributed by atoms with Gasteiger partial charge in [-0.05, 0) is 37.1 Å². The lowest BCUT2D eigenvalue weighted by atomic mass is 10.1. The number of halogens is 1. The normalized spacial score (nSPS) is 11.2. The number of aryl methyl sites for hydroxylation is 1. The molecule has 128 valence electrons.